The third-order valence-electron chi connectivity index (χ3n) is 3.46. The fraction of sp³-hybridized carbons (Fsp3) is 0.500. The lowest BCUT2D eigenvalue weighted by molar-refractivity contribution is 0.322. The number of hydrogen-bond acceptors (Lipinski definition) is 5. The normalized spacial score (nSPS) is 11.4. The Kier molecular flexibility index (Phi) is 7.00. The van der Waals surface area contributed by atoms with E-state index in [1.165, 1.54) is 0 Å². The second-order valence-corrected chi connectivity index (χ2v) is 5.05. The standard InChI is InChI=1S/C16H25N7O/c1-4-14-22-21-12-23(14)10-9-19-16(17-3)20-11-13-7-6-8-18-15(13)24-5-2/h6-8,12H,4-5,9-11H2,1-3H3,(H2,17,19,20). The minimum Gasteiger partial charge on any atom is -0.478 e. The van der Waals surface area contributed by atoms with Crippen LogP contribution in [0, 0.1) is 0 Å². The largest absolute Gasteiger partial charge is 0.478 e. The van der Waals surface area contributed by atoms with Gasteiger partial charge in [-0.05, 0) is 13.0 Å². The lowest BCUT2D eigenvalue weighted by atomic mass is 10.2. The molecule has 0 spiro atoms. The number of aromatic nitrogens is 4. The first-order chi connectivity index (χ1) is 11.8. The van der Waals surface area contributed by atoms with Crippen molar-refractivity contribution in [2.45, 2.75) is 33.4 Å². The van der Waals surface area contributed by atoms with Gasteiger partial charge in [-0.15, -0.1) is 10.2 Å². The summed E-state index contributed by atoms with van der Waals surface area (Å²) < 4.78 is 7.57. The van der Waals surface area contributed by atoms with E-state index in [2.05, 4.69) is 37.7 Å². The number of guanidine groups is 1. The summed E-state index contributed by atoms with van der Waals surface area (Å²) in [7, 11) is 1.75. The van der Waals surface area contributed by atoms with Gasteiger partial charge >= 0.3 is 0 Å². The minimum atomic E-state index is 0.593. The predicted molar refractivity (Wildman–Crippen MR) is 93.0 cm³/mol. The average Bonchev–Trinajstić information content (AvgIpc) is 3.07. The molecule has 2 heterocycles. The monoisotopic (exact) mass is 331 g/mol. The van der Waals surface area contributed by atoms with Crippen LogP contribution in [0.1, 0.15) is 25.2 Å². The molecular formula is C16H25N7O. The summed E-state index contributed by atoms with van der Waals surface area (Å²) in [6.45, 7) is 6.72. The van der Waals surface area contributed by atoms with E-state index in [-0.39, 0.29) is 0 Å². The van der Waals surface area contributed by atoms with Gasteiger partial charge in [0.05, 0.1) is 6.61 Å². The van der Waals surface area contributed by atoms with Gasteiger partial charge in [-0.25, -0.2) is 4.98 Å². The highest BCUT2D eigenvalue weighted by Crippen LogP contribution is 2.13. The predicted octanol–water partition coefficient (Wildman–Crippen LogP) is 0.999. The van der Waals surface area contributed by atoms with E-state index in [0.717, 1.165) is 36.9 Å². The third-order valence-corrected chi connectivity index (χ3v) is 3.46. The van der Waals surface area contributed by atoms with Crippen LogP contribution in [0.4, 0.5) is 0 Å². The zero-order valence-corrected chi connectivity index (χ0v) is 14.5. The fourth-order valence-electron chi connectivity index (χ4n) is 2.26. The Morgan fingerprint density at radius 1 is 1.33 bits per heavy atom. The maximum atomic E-state index is 5.53. The summed E-state index contributed by atoms with van der Waals surface area (Å²) in [6.07, 6.45) is 4.35. The van der Waals surface area contributed by atoms with Crippen molar-refractivity contribution in [3.63, 3.8) is 0 Å². The Morgan fingerprint density at radius 3 is 2.96 bits per heavy atom. The molecule has 2 rings (SSSR count). The van der Waals surface area contributed by atoms with Gasteiger partial charge in [-0.3, -0.25) is 4.99 Å². The highest BCUT2D eigenvalue weighted by Gasteiger charge is 2.06. The molecule has 2 aromatic heterocycles. The molecule has 0 unspecified atom stereocenters. The SMILES string of the molecule is CCOc1ncccc1CNC(=NC)NCCn1cnnc1CC. The summed E-state index contributed by atoms with van der Waals surface area (Å²) in [4.78, 5) is 8.48. The first-order valence-electron chi connectivity index (χ1n) is 8.16. The molecule has 0 saturated heterocycles. The highest BCUT2D eigenvalue weighted by atomic mass is 16.5. The van der Waals surface area contributed by atoms with Crippen molar-refractivity contribution < 1.29 is 4.74 Å². The van der Waals surface area contributed by atoms with Crippen LogP contribution < -0.4 is 15.4 Å². The van der Waals surface area contributed by atoms with Crippen LogP contribution in [0.3, 0.4) is 0 Å². The van der Waals surface area contributed by atoms with Crippen molar-refractivity contribution in [1.29, 1.82) is 0 Å². The molecule has 0 atom stereocenters. The van der Waals surface area contributed by atoms with E-state index in [0.29, 0.717) is 19.0 Å². The van der Waals surface area contributed by atoms with Crippen molar-refractivity contribution in [3.05, 3.63) is 36.0 Å². The van der Waals surface area contributed by atoms with E-state index in [9.17, 15) is 0 Å². The quantitative estimate of drug-likeness (QED) is 0.554. The Labute approximate surface area is 142 Å². The number of aryl methyl sites for hydroxylation is 1. The Balaban J connectivity index is 1.83. The van der Waals surface area contributed by atoms with Gasteiger partial charge < -0.3 is 19.9 Å². The van der Waals surface area contributed by atoms with E-state index in [1.54, 1.807) is 19.6 Å². The molecular weight excluding hydrogens is 306 g/mol. The molecule has 0 aliphatic heterocycles. The van der Waals surface area contributed by atoms with Gasteiger partial charge in [0.25, 0.3) is 0 Å². The van der Waals surface area contributed by atoms with Gasteiger partial charge in [-0.2, -0.15) is 0 Å². The summed E-state index contributed by atoms with van der Waals surface area (Å²) in [5.41, 5.74) is 0.995. The van der Waals surface area contributed by atoms with E-state index in [1.807, 2.05) is 23.6 Å². The number of nitrogens with zero attached hydrogens (tertiary/aromatic N) is 5. The smallest absolute Gasteiger partial charge is 0.218 e. The molecule has 0 bridgehead atoms. The van der Waals surface area contributed by atoms with Crippen molar-refractivity contribution in [2.75, 3.05) is 20.2 Å². The minimum absolute atomic E-state index is 0.593. The number of ether oxygens (including phenoxy) is 1. The first kappa shape index (κ1) is 17.7. The third kappa shape index (κ3) is 4.94. The molecule has 2 N–H and O–H groups in total. The van der Waals surface area contributed by atoms with Crippen molar-refractivity contribution in [2.24, 2.45) is 4.99 Å². The fourth-order valence-corrected chi connectivity index (χ4v) is 2.26. The van der Waals surface area contributed by atoms with Gasteiger partial charge in [0.1, 0.15) is 12.2 Å². The van der Waals surface area contributed by atoms with Crippen LogP contribution in [-0.4, -0.2) is 45.9 Å². The topological polar surface area (TPSA) is 89.2 Å². The molecule has 0 aliphatic rings. The van der Waals surface area contributed by atoms with E-state index in [4.69, 9.17) is 4.74 Å². The second kappa shape index (κ2) is 9.49. The van der Waals surface area contributed by atoms with Crippen molar-refractivity contribution in [1.82, 2.24) is 30.4 Å². The van der Waals surface area contributed by atoms with Gasteiger partial charge in [-0.1, -0.05) is 13.0 Å². The van der Waals surface area contributed by atoms with Crippen LogP contribution in [0.25, 0.3) is 0 Å². The highest BCUT2D eigenvalue weighted by molar-refractivity contribution is 5.79. The molecule has 0 aliphatic carbocycles. The van der Waals surface area contributed by atoms with E-state index >= 15 is 0 Å². The molecule has 24 heavy (non-hydrogen) atoms. The molecule has 2 aromatic rings. The average molecular weight is 331 g/mol. The Morgan fingerprint density at radius 2 is 2.21 bits per heavy atom. The summed E-state index contributed by atoms with van der Waals surface area (Å²) in [5, 5.41) is 14.6. The van der Waals surface area contributed by atoms with Gasteiger partial charge in [0.15, 0.2) is 5.96 Å². The van der Waals surface area contributed by atoms with Crippen LogP contribution in [0.2, 0.25) is 0 Å². The number of nitrogens with one attached hydrogen (secondary N) is 2. The lowest BCUT2D eigenvalue weighted by Gasteiger charge is -2.14. The zero-order valence-electron chi connectivity index (χ0n) is 14.5. The van der Waals surface area contributed by atoms with Crippen LogP contribution in [0.5, 0.6) is 5.88 Å². The Hall–Kier alpha value is -2.64. The number of rotatable bonds is 8. The maximum absolute atomic E-state index is 5.53. The molecule has 0 amide bonds. The summed E-state index contributed by atoms with van der Waals surface area (Å²) in [6, 6.07) is 3.89. The van der Waals surface area contributed by atoms with Gasteiger partial charge in [0.2, 0.25) is 5.88 Å². The number of hydrogen-bond donors (Lipinski definition) is 2. The van der Waals surface area contributed by atoms with Crippen molar-refractivity contribution >= 4 is 5.96 Å². The van der Waals surface area contributed by atoms with E-state index < -0.39 is 0 Å². The molecule has 0 aromatic carbocycles. The Bertz CT molecular complexity index is 653. The molecule has 8 nitrogen and oxygen atoms in total. The molecule has 0 radical (unpaired) electrons. The molecule has 0 fully saturated rings. The molecule has 8 heteroatoms. The number of pyridine rings is 1. The molecule has 0 saturated carbocycles. The van der Waals surface area contributed by atoms with Gasteiger partial charge in [0, 0.05) is 44.9 Å². The van der Waals surface area contributed by atoms with Crippen molar-refractivity contribution in [3.8, 4) is 5.88 Å². The summed E-state index contributed by atoms with van der Waals surface area (Å²) in [5.74, 6) is 2.36. The van der Waals surface area contributed by atoms with Crippen LogP contribution >= 0.6 is 0 Å². The van der Waals surface area contributed by atoms with Crippen LogP contribution in [0.15, 0.2) is 29.6 Å². The lowest BCUT2D eigenvalue weighted by Crippen LogP contribution is -2.38. The first-order valence-corrected chi connectivity index (χ1v) is 8.16. The second-order valence-electron chi connectivity index (χ2n) is 5.05. The summed E-state index contributed by atoms with van der Waals surface area (Å²) >= 11 is 0. The maximum Gasteiger partial charge on any atom is 0.218 e. The van der Waals surface area contributed by atoms with Crippen LogP contribution in [-0.2, 0) is 19.5 Å². The number of aliphatic imine (C=N–C) groups is 1. The zero-order chi connectivity index (χ0) is 17.2. The molecule has 130 valence electrons.